The Kier molecular flexibility index (Phi) is 4.05. The van der Waals surface area contributed by atoms with Gasteiger partial charge in [0.2, 0.25) is 5.91 Å². The van der Waals surface area contributed by atoms with Crippen LogP contribution in [-0.4, -0.2) is 42.6 Å². The third-order valence-electron chi connectivity index (χ3n) is 4.17. The van der Waals surface area contributed by atoms with Gasteiger partial charge < -0.3 is 15.4 Å². The van der Waals surface area contributed by atoms with Crippen LogP contribution in [-0.2, 0) is 9.53 Å². The smallest absolute Gasteiger partial charge is 0.242 e. The molecule has 0 aromatic carbocycles. The van der Waals surface area contributed by atoms with Crippen LogP contribution in [0.1, 0.15) is 44.9 Å². The van der Waals surface area contributed by atoms with E-state index < -0.39 is 5.54 Å². The summed E-state index contributed by atoms with van der Waals surface area (Å²) in [5.74, 6) is 0.152. The topological polar surface area (TPSA) is 55.6 Å². The van der Waals surface area contributed by atoms with E-state index in [1.54, 1.807) is 7.11 Å². The molecule has 4 heteroatoms. The quantitative estimate of drug-likeness (QED) is 0.791. The molecular weight excluding hydrogens is 216 g/mol. The predicted octanol–water partition coefficient (Wildman–Crippen LogP) is 1.29. The second-order valence-corrected chi connectivity index (χ2v) is 5.47. The molecule has 1 atom stereocenters. The standard InChI is InChI=1S/C13H24N2O2/c1-17-11-6-5-9-15(10-11)12(16)13(14)7-3-2-4-8-13/h11H,2-10,14H2,1H3. The molecule has 2 N–H and O–H groups in total. The van der Waals surface area contributed by atoms with Gasteiger partial charge >= 0.3 is 0 Å². The van der Waals surface area contributed by atoms with Gasteiger partial charge in [0.15, 0.2) is 0 Å². The predicted molar refractivity (Wildman–Crippen MR) is 66.6 cm³/mol. The molecule has 0 bridgehead atoms. The number of ether oxygens (including phenoxy) is 1. The van der Waals surface area contributed by atoms with Crippen molar-refractivity contribution in [1.82, 2.24) is 4.90 Å². The van der Waals surface area contributed by atoms with Crippen LogP contribution in [0.15, 0.2) is 0 Å². The van der Waals surface area contributed by atoms with Crippen LogP contribution >= 0.6 is 0 Å². The first kappa shape index (κ1) is 12.8. The summed E-state index contributed by atoms with van der Waals surface area (Å²) in [7, 11) is 1.72. The largest absolute Gasteiger partial charge is 0.380 e. The molecule has 4 nitrogen and oxygen atoms in total. The fraction of sp³-hybridized carbons (Fsp3) is 0.923. The van der Waals surface area contributed by atoms with Crippen LogP contribution in [0.25, 0.3) is 0 Å². The second-order valence-electron chi connectivity index (χ2n) is 5.47. The maximum atomic E-state index is 12.5. The van der Waals surface area contributed by atoms with Crippen molar-refractivity contribution in [3.63, 3.8) is 0 Å². The molecule has 0 spiro atoms. The summed E-state index contributed by atoms with van der Waals surface area (Å²) in [4.78, 5) is 14.4. The number of nitrogens with two attached hydrogens (primary N) is 1. The molecule has 1 unspecified atom stereocenters. The third kappa shape index (κ3) is 2.80. The van der Waals surface area contributed by atoms with Gasteiger partial charge in [0.25, 0.3) is 0 Å². The van der Waals surface area contributed by atoms with Gasteiger partial charge in [-0.3, -0.25) is 4.79 Å². The lowest BCUT2D eigenvalue weighted by molar-refractivity contribution is -0.141. The molecule has 2 fully saturated rings. The Balaban J connectivity index is 1.98. The van der Waals surface area contributed by atoms with Crippen molar-refractivity contribution in [2.45, 2.75) is 56.6 Å². The van der Waals surface area contributed by atoms with E-state index in [0.29, 0.717) is 6.54 Å². The Morgan fingerprint density at radius 2 is 2.00 bits per heavy atom. The first-order valence-electron chi connectivity index (χ1n) is 6.77. The number of hydrogen-bond acceptors (Lipinski definition) is 3. The van der Waals surface area contributed by atoms with Crippen molar-refractivity contribution in [1.29, 1.82) is 0 Å². The second kappa shape index (κ2) is 5.36. The molecule has 2 aliphatic rings. The van der Waals surface area contributed by atoms with Gasteiger partial charge in [-0.15, -0.1) is 0 Å². The number of piperidine rings is 1. The Hall–Kier alpha value is -0.610. The van der Waals surface area contributed by atoms with Gasteiger partial charge in [0, 0.05) is 20.2 Å². The number of carbonyl (C=O) groups is 1. The van der Waals surface area contributed by atoms with Crippen molar-refractivity contribution >= 4 is 5.91 Å². The van der Waals surface area contributed by atoms with Crippen molar-refractivity contribution in [3.8, 4) is 0 Å². The molecule has 2 rings (SSSR count). The average Bonchev–Trinajstić information content (AvgIpc) is 2.39. The Morgan fingerprint density at radius 1 is 1.29 bits per heavy atom. The van der Waals surface area contributed by atoms with Gasteiger partial charge in [-0.25, -0.2) is 0 Å². The van der Waals surface area contributed by atoms with Gasteiger partial charge in [-0.1, -0.05) is 19.3 Å². The van der Waals surface area contributed by atoms with Crippen LogP contribution in [0.5, 0.6) is 0 Å². The zero-order valence-corrected chi connectivity index (χ0v) is 10.8. The SMILES string of the molecule is COC1CCCN(C(=O)C2(N)CCCCC2)C1. The van der Waals surface area contributed by atoms with E-state index in [1.165, 1.54) is 6.42 Å². The average molecular weight is 240 g/mol. The number of amides is 1. The minimum atomic E-state index is -0.589. The Labute approximate surface area is 103 Å². The summed E-state index contributed by atoms with van der Waals surface area (Å²) in [5, 5.41) is 0. The molecule has 1 saturated heterocycles. The molecule has 1 aliphatic heterocycles. The number of rotatable bonds is 2. The number of hydrogen-bond donors (Lipinski definition) is 1. The lowest BCUT2D eigenvalue weighted by Crippen LogP contribution is -2.58. The van der Waals surface area contributed by atoms with Gasteiger partial charge in [-0.05, 0) is 25.7 Å². The van der Waals surface area contributed by atoms with E-state index in [2.05, 4.69) is 0 Å². The lowest BCUT2D eigenvalue weighted by Gasteiger charge is -2.40. The first-order chi connectivity index (χ1) is 8.15. The van der Waals surface area contributed by atoms with Crippen molar-refractivity contribution in [3.05, 3.63) is 0 Å². The summed E-state index contributed by atoms with van der Waals surface area (Å²) in [6.45, 7) is 1.56. The fourth-order valence-electron chi connectivity index (χ4n) is 3.03. The highest BCUT2D eigenvalue weighted by Gasteiger charge is 2.39. The summed E-state index contributed by atoms with van der Waals surface area (Å²) in [6, 6.07) is 0. The molecule has 1 saturated carbocycles. The molecule has 0 aromatic rings. The van der Waals surface area contributed by atoms with Crippen molar-refractivity contribution in [2.24, 2.45) is 5.73 Å². The minimum Gasteiger partial charge on any atom is -0.380 e. The molecular formula is C13H24N2O2. The number of likely N-dealkylation sites (tertiary alicyclic amines) is 1. The highest BCUT2D eigenvalue weighted by molar-refractivity contribution is 5.86. The van der Waals surface area contributed by atoms with Crippen LogP contribution in [0.2, 0.25) is 0 Å². The number of methoxy groups -OCH3 is 1. The molecule has 0 radical (unpaired) electrons. The van der Waals surface area contributed by atoms with E-state index in [4.69, 9.17) is 10.5 Å². The summed E-state index contributed by atoms with van der Waals surface area (Å²) < 4.78 is 5.36. The van der Waals surface area contributed by atoms with E-state index in [-0.39, 0.29) is 12.0 Å². The van der Waals surface area contributed by atoms with Crippen molar-refractivity contribution < 1.29 is 9.53 Å². The number of carbonyl (C=O) groups excluding carboxylic acids is 1. The van der Waals surface area contributed by atoms with Crippen LogP contribution in [0, 0.1) is 0 Å². The normalized spacial score (nSPS) is 29.1. The molecule has 98 valence electrons. The Morgan fingerprint density at radius 3 is 2.65 bits per heavy atom. The molecule has 0 aromatic heterocycles. The molecule has 1 heterocycles. The highest BCUT2D eigenvalue weighted by Crippen LogP contribution is 2.28. The van der Waals surface area contributed by atoms with E-state index in [9.17, 15) is 4.79 Å². The zero-order chi connectivity index (χ0) is 12.3. The third-order valence-corrected chi connectivity index (χ3v) is 4.17. The van der Waals surface area contributed by atoms with Crippen LogP contribution in [0.3, 0.4) is 0 Å². The minimum absolute atomic E-state index is 0.152. The van der Waals surface area contributed by atoms with Crippen LogP contribution in [0.4, 0.5) is 0 Å². The summed E-state index contributed by atoms with van der Waals surface area (Å²) in [5.41, 5.74) is 5.70. The van der Waals surface area contributed by atoms with Gasteiger partial charge in [0.1, 0.15) is 0 Å². The van der Waals surface area contributed by atoms with Crippen LogP contribution < -0.4 is 5.73 Å². The summed E-state index contributed by atoms with van der Waals surface area (Å²) >= 11 is 0. The molecule has 1 aliphatic carbocycles. The molecule has 17 heavy (non-hydrogen) atoms. The van der Waals surface area contributed by atoms with Crippen molar-refractivity contribution in [2.75, 3.05) is 20.2 Å². The highest BCUT2D eigenvalue weighted by atomic mass is 16.5. The Bertz CT molecular complexity index is 275. The fourth-order valence-corrected chi connectivity index (χ4v) is 3.03. The monoisotopic (exact) mass is 240 g/mol. The maximum absolute atomic E-state index is 12.5. The zero-order valence-electron chi connectivity index (χ0n) is 10.8. The van der Waals surface area contributed by atoms with Gasteiger partial charge in [-0.2, -0.15) is 0 Å². The van der Waals surface area contributed by atoms with Gasteiger partial charge in [0.05, 0.1) is 11.6 Å². The summed E-state index contributed by atoms with van der Waals surface area (Å²) in [6.07, 6.45) is 7.36. The first-order valence-corrected chi connectivity index (χ1v) is 6.77. The van der Waals surface area contributed by atoms with E-state index in [1.807, 2.05) is 4.90 Å². The van der Waals surface area contributed by atoms with E-state index >= 15 is 0 Å². The maximum Gasteiger partial charge on any atom is 0.242 e. The lowest BCUT2D eigenvalue weighted by atomic mass is 9.81. The molecule has 1 amide bonds. The number of nitrogens with zero attached hydrogens (tertiary/aromatic N) is 1. The van der Waals surface area contributed by atoms with E-state index in [0.717, 1.165) is 45.1 Å².